The maximum atomic E-state index is 13.5. The van der Waals surface area contributed by atoms with E-state index in [-0.39, 0.29) is 230 Å². The van der Waals surface area contributed by atoms with Crippen LogP contribution in [0.4, 0.5) is 43.9 Å². The van der Waals surface area contributed by atoms with Crippen LogP contribution in [0, 0.1) is 24.3 Å². The minimum atomic E-state index is -4.91. The van der Waals surface area contributed by atoms with Crippen LogP contribution in [0.15, 0.2) is 170 Å². The fourth-order valence-corrected chi connectivity index (χ4v) is 11.1. The average Bonchev–Trinajstić information content (AvgIpc) is 1.74. The monoisotopic (exact) mass is 1890 g/mol. The third kappa shape index (κ3) is 25.6. The smallest absolute Gasteiger partial charge is 0.514 e. The van der Waals surface area contributed by atoms with Crippen LogP contribution in [0.2, 0.25) is 0 Å². The van der Waals surface area contributed by atoms with Gasteiger partial charge in [0.1, 0.15) is 37.9 Å². The first-order valence-corrected chi connectivity index (χ1v) is 33.6. The molecule has 113 heavy (non-hydrogen) atoms. The molecule has 586 valence electrons. The van der Waals surface area contributed by atoms with Crippen LogP contribution in [-0.4, -0.2) is 97.6 Å². The number of hydrogen-bond donors (Lipinski definition) is 0. The Hall–Kier alpha value is -7.89. The summed E-state index contributed by atoms with van der Waals surface area (Å²) >= 11 is -0.263. The van der Waals surface area contributed by atoms with Gasteiger partial charge in [0.05, 0.1) is 33.9 Å². The number of rotatable bonds is 25. The SMILES string of the molecule is CCc1c[c-]ccc1OCc1c(C(F)F)cccc1-n1nnn(C)c1=O.CCc1c[c-]ccc1OCc1c(OC(F)(F)F)cccc1-n1nnn(C)c1=O.CCc1c[c-]ccc1OCc1c(OC(F)F)cccc1-n1nnn(C)c1=O.CCc1c[c-]ccc1OCc1c(SC(F)(F)F)cccc1-n1nnn(C)c1=O.[Y].[Y].[Y].[Y]. The van der Waals surface area contributed by atoms with Crippen molar-refractivity contribution in [2.45, 2.75) is 110 Å². The van der Waals surface area contributed by atoms with Crippen molar-refractivity contribution in [1.29, 1.82) is 0 Å². The number of alkyl halides is 10. The van der Waals surface area contributed by atoms with Crippen molar-refractivity contribution in [1.82, 2.24) is 79.2 Å². The summed E-state index contributed by atoms with van der Waals surface area (Å²) in [6.07, 6.45) is -4.84. The molecule has 0 fully saturated rings. The van der Waals surface area contributed by atoms with Gasteiger partial charge < -0.3 is 28.4 Å². The van der Waals surface area contributed by atoms with E-state index in [2.05, 4.69) is 75.4 Å². The Morgan fingerprint density at radius 2 is 0.690 bits per heavy atom. The number of ether oxygens (including phenoxy) is 6. The summed E-state index contributed by atoms with van der Waals surface area (Å²) in [6, 6.07) is 49.4. The minimum absolute atomic E-state index is 0. The van der Waals surface area contributed by atoms with Crippen LogP contribution >= 0.6 is 11.8 Å². The Labute approximate surface area is 743 Å². The molecule has 4 radical (unpaired) electrons. The van der Waals surface area contributed by atoms with Crippen LogP contribution in [-0.2, 0) is 211 Å². The molecule has 12 aromatic rings. The van der Waals surface area contributed by atoms with Crippen molar-refractivity contribution < 1.29 is 203 Å². The molecule has 0 saturated heterocycles. The van der Waals surface area contributed by atoms with Gasteiger partial charge in [-0.15, -0.1) is 59.7 Å². The number of benzene rings is 8. The number of nitrogens with zero attached hydrogens (tertiary/aromatic N) is 16. The Bertz CT molecular complexity index is 5160. The number of aromatic nitrogens is 16. The Morgan fingerprint density at radius 1 is 0.389 bits per heavy atom. The Morgan fingerprint density at radius 3 is 1.00 bits per heavy atom. The van der Waals surface area contributed by atoms with E-state index in [1.54, 1.807) is 84.9 Å². The van der Waals surface area contributed by atoms with Crippen molar-refractivity contribution in [3.8, 4) is 57.2 Å². The summed E-state index contributed by atoms with van der Waals surface area (Å²) < 4.78 is 170. The quantitative estimate of drug-likeness (QED) is 0.0292. The zero-order chi connectivity index (χ0) is 78.7. The fraction of sp³-hybridized carbons (Fsp3) is 0.278. The molecule has 0 aliphatic carbocycles. The second-order valence-electron chi connectivity index (χ2n) is 22.8. The summed E-state index contributed by atoms with van der Waals surface area (Å²) in [5, 5.41) is 29.5. The molecule has 0 atom stereocenters. The first kappa shape index (κ1) is 95.7. The Kier molecular flexibility index (Phi) is 38.0. The van der Waals surface area contributed by atoms with Crippen LogP contribution in [0.1, 0.15) is 84.2 Å². The molecule has 0 spiro atoms. The zero-order valence-electron chi connectivity index (χ0n) is 61.4. The predicted octanol–water partition coefficient (Wildman–Crippen LogP) is 11.7. The molecule has 4 heterocycles. The maximum Gasteiger partial charge on any atom is 0.573 e. The number of hydrogen-bond acceptors (Lipinski definition) is 19. The number of aryl methyl sites for hydroxylation is 8. The summed E-state index contributed by atoms with van der Waals surface area (Å²) in [7, 11) is 5.67. The molecular weight excluding hydrogens is 1830 g/mol. The number of thioether (sulfide) groups is 1. The molecule has 0 bridgehead atoms. The van der Waals surface area contributed by atoms with Crippen molar-refractivity contribution >= 4 is 11.8 Å². The third-order valence-electron chi connectivity index (χ3n) is 15.8. The summed E-state index contributed by atoms with van der Waals surface area (Å²) in [4.78, 5) is 48.7. The molecule has 8 aromatic carbocycles. The molecule has 12 rings (SSSR count). The third-order valence-corrected chi connectivity index (χ3v) is 16.7. The van der Waals surface area contributed by atoms with E-state index in [4.69, 9.17) is 18.9 Å². The largest absolute Gasteiger partial charge is 0.573 e. The van der Waals surface area contributed by atoms with Crippen LogP contribution < -0.4 is 51.2 Å². The van der Waals surface area contributed by atoms with Gasteiger partial charge in [0.15, 0.2) is 0 Å². The topological polar surface area (TPSA) is 266 Å². The molecule has 4 aromatic heterocycles. The fourth-order valence-electron chi connectivity index (χ4n) is 10.4. The van der Waals surface area contributed by atoms with E-state index in [1.165, 1.54) is 82.8 Å². The van der Waals surface area contributed by atoms with Crippen LogP contribution in [0.5, 0.6) is 34.5 Å². The van der Waals surface area contributed by atoms with Gasteiger partial charge in [0.25, 0.3) is 6.43 Å². The van der Waals surface area contributed by atoms with E-state index >= 15 is 0 Å². The van der Waals surface area contributed by atoms with Gasteiger partial charge in [-0.1, -0.05) is 83.7 Å². The summed E-state index contributed by atoms with van der Waals surface area (Å²) in [5.74, 6) is 1.66. The molecule has 0 aliphatic rings. The van der Waals surface area contributed by atoms with E-state index in [0.717, 1.165) is 78.6 Å². The van der Waals surface area contributed by atoms with Crippen LogP contribution in [0.3, 0.4) is 0 Å². The molecule has 0 aliphatic heterocycles. The summed E-state index contributed by atoms with van der Waals surface area (Å²) in [6.45, 7) is 4.09. The second kappa shape index (κ2) is 44.8. The van der Waals surface area contributed by atoms with Gasteiger partial charge in [-0.2, -0.15) is 132 Å². The molecular formula is C72H66F10N16O10SY4-4. The van der Waals surface area contributed by atoms with Crippen LogP contribution in [0.25, 0.3) is 22.7 Å². The molecule has 0 N–H and O–H groups in total. The molecule has 26 nitrogen and oxygen atoms in total. The normalized spacial score (nSPS) is 10.9. The first-order valence-electron chi connectivity index (χ1n) is 32.8. The van der Waals surface area contributed by atoms with Gasteiger partial charge in [-0.05, 0) is 95.9 Å². The van der Waals surface area contributed by atoms with Crippen molar-refractivity contribution in [2.24, 2.45) is 28.2 Å². The van der Waals surface area contributed by atoms with Gasteiger partial charge in [0.2, 0.25) is 0 Å². The van der Waals surface area contributed by atoms with Gasteiger partial charge in [-0.25, -0.2) is 28.0 Å². The molecule has 0 saturated carbocycles. The minimum Gasteiger partial charge on any atom is -0.514 e. The van der Waals surface area contributed by atoms with E-state index < -0.39 is 53.4 Å². The van der Waals surface area contributed by atoms with E-state index in [1.807, 2.05) is 27.7 Å². The van der Waals surface area contributed by atoms with Gasteiger partial charge in [0, 0.05) is 204 Å². The molecule has 0 amide bonds. The predicted molar refractivity (Wildman–Crippen MR) is 373 cm³/mol. The van der Waals surface area contributed by atoms with Crippen molar-refractivity contribution in [3.05, 3.63) is 262 Å². The second-order valence-corrected chi connectivity index (χ2v) is 23.9. The van der Waals surface area contributed by atoms with Gasteiger partial charge >= 0.3 is 41.2 Å². The average molecular weight is 1890 g/mol. The standard InChI is InChI=1S/C18H16F3N4O3.C18H16F3N4O2S.C18H17F2N4O3.C18H17F2N4O2.4Y/c2*1-3-12-7-4-5-9-15(12)27-11-13-14(25-17(26)24(2)22-23-25)8-6-10-16(13)28-18(19,20)21;1-3-12-7-4-5-9-15(12)26-11-13-14(24-18(25)23(2)21-22-24)8-6-10-16(13)27-17(19)20;1-3-12-7-4-5-10-16(12)26-11-14-13(17(19)20)8-6-9-15(14)24-18(25)23(2)21-22-24;;;;/h2*5-10H,3,11H2,1-2H3;5-10,17H,3,11H2,1-2H3;5-10,17H,3,11H2,1-2H3;;;;/q4*-1;;;;. The number of halogens is 10. The van der Waals surface area contributed by atoms with Crippen molar-refractivity contribution in [3.63, 3.8) is 0 Å². The van der Waals surface area contributed by atoms with E-state index in [9.17, 15) is 63.1 Å². The summed E-state index contributed by atoms with van der Waals surface area (Å²) in [5.41, 5.74) is -1.96. The number of tetrazole rings is 4. The Balaban J connectivity index is 0.000000266. The molecule has 0 unspecified atom stereocenters. The maximum absolute atomic E-state index is 13.5. The zero-order valence-corrected chi connectivity index (χ0v) is 73.6. The van der Waals surface area contributed by atoms with Crippen molar-refractivity contribution in [2.75, 3.05) is 0 Å². The van der Waals surface area contributed by atoms with E-state index in [0.29, 0.717) is 35.8 Å². The first-order chi connectivity index (χ1) is 52.1. The van der Waals surface area contributed by atoms with Gasteiger partial charge in [-0.3, -0.25) is 0 Å². The molecule has 41 heteroatoms.